The molecule has 0 aliphatic carbocycles. The molecule has 3 rings (SSSR count). The highest BCUT2D eigenvalue weighted by atomic mass is 35.5. The number of halogens is 1. The minimum atomic E-state index is -0.0549. The summed E-state index contributed by atoms with van der Waals surface area (Å²) < 4.78 is 0. The third-order valence-electron chi connectivity index (χ3n) is 3.97. The second-order valence-electron chi connectivity index (χ2n) is 5.55. The number of aryl methyl sites for hydroxylation is 1. The zero-order valence-electron chi connectivity index (χ0n) is 12.3. The maximum absolute atomic E-state index is 12.2. The minimum Gasteiger partial charge on any atom is -0.348 e. The van der Waals surface area contributed by atoms with Crippen LogP contribution in [0.4, 0.5) is 0 Å². The van der Waals surface area contributed by atoms with Gasteiger partial charge >= 0.3 is 0 Å². The van der Waals surface area contributed by atoms with Crippen LogP contribution in [0.25, 0.3) is 0 Å². The molecule has 114 valence electrons. The van der Waals surface area contributed by atoms with Gasteiger partial charge in [-0.2, -0.15) is 0 Å². The fourth-order valence-electron chi connectivity index (χ4n) is 2.87. The van der Waals surface area contributed by atoms with Crippen molar-refractivity contribution in [2.24, 2.45) is 0 Å². The third-order valence-corrected chi connectivity index (χ3v) is 4.30. The zero-order chi connectivity index (χ0) is 15.4. The van der Waals surface area contributed by atoms with Crippen LogP contribution in [-0.4, -0.2) is 12.5 Å². The van der Waals surface area contributed by atoms with Gasteiger partial charge in [0.15, 0.2) is 0 Å². The highest BCUT2D eigenvalue weighted by molar-refractivity contribution is 6.31. The van der Waals surface area contributed by atoms with Gasteiger partial charge in [-0.15, -0.1) is 0 Å². The van der Waals surface area contributed by atoms with Crippen LogP contribution in [0.3, 0.4) is 0 Å². The molecule has 1 aliphatic rings. The van der Waals surface area contributed by atoms with E-state index >= 15 is 0 Å². The van der Waals surface area contributed by atoms with Gasteiger partial charge in [0, 0.05) is 24.5 Å². The molecule has 1 aliphatic heterocycles. The van der Waals surface area contributed by atoms with Gasteiger partial charge in [-0.1, -0.05) is 54.1 Å². The van der Waals surface area contributed by atoms with Gasteiger partial charge in [0.2, 0.25) is 5.91 Å². The normalized spacial score (nSPS) is 16.9. The maximum atomic E-state index is 12.2. The Hall–Kier alpha value is -1.84. The van der Waals surface area contributed by atoms with E-state index in [0.717, 1.165) is 29.1 Å². The quantitative estimate of drug-likeness (QED) is 0.909. The van der Waals surface area contributed by atoms with E-state index in [-0.39, 0.29) is 11.9 Å². The SMILES string of the molecule is O=C(CCc1ccccc1)NC1CNCc2cccc(Cl)c21. The summed E-state index contributed by atoms with van der Waals surface area (Å²) in [5.74, 6) is 0.0587. The lowest BCUT2D eigenvalue weighted by Crippen LogP contribution is -2.39. The molecule has 1 unspecified atom stereocenters. The Kier molecular flexibility index (Phi) is 4.76. The molecule has 2 N–H and O–H groups in total. The average Bonchev–Trinajstić information content (AvgIpc) is 2.54. The smallest absolute Gasteiger partial charge is 0.220 e. The van der Waals surface area contributed by atoms with E-state index in [1.165, 1.54) is 5.56 Å². The monoisotopic (exact) mass is 314 g/mol. The van der Waals surface area contributed by atoms with E-state index in [1.54, 1.807) is 0 Å². The molecule has 2 aromatic carbocycles. The molecule has 0 bridgehead atoms. The molecule has 1 amide bonds. The van der Waals surface area contributed by atoms with Crippen LogP contribution >= 0.6 is 11.6 Å². The van der Waals surface area contributed by atoms with E-state index in [2.05, 4.69) is 16.7 Å². The molecule has 0 radical (unpaired) electrons. The van der Waals surface area contributed by atoms with E-state index in [9.17, 15) is 4.79 Å². The second-order valence-corrected chi connectivity index (χ2v) is 5.96. The molecule has 0 aromatic heterocycles. The molecule has 0 saturated heterocycles. The molecule has 1 heterocycles. The van der Waals surface area contributed by atoms with Crippen LogP contribution in [-0.2, 0) is 17.8 Å². The number of rotatable bonds is 4. The molecule has 0 saturated carbocycles. The topological polar surface area (TPSA) is 41.1 Å². The van der Waals surface area contributed by atoms with Gasteiger partial charge in [0.1, 0.15) is 0 Å². The number of carbonyl (C=O) groups is 1. The Balaban J connectivity index is 1.63. The van der Waals surface area contributed by atoms with Crippen LogP contribution in [0, 0.1) is 0 Å². The number of amides is 1. The van der Waals surface area contributed by atoms with Crippen molar-refractivity contribution >= 4 is 17.5 Å². The van der Waals surface area contributed by atoms with Crippen molar-refractivity contribution in [3.63, 3.8) is 0 Å². The van der Waals surface area contributed by atoms with Crippen molar-refractivity contribution in [1.29, 1.82) is 0 Å². The molecule has 3 nitrogen and oxygen atoms in total. The van der Waals surface area contributed by atoms with Crippen molar-refractivity contribution < 1.29 is 4.79 Å². The lowest BCUT2D eigenvalue weighted by atomic mass is 9.96. The minimum absolute atomic E-state index is 0.0549. The Labute approximate surface area is 135 Å². The van der Waals surface area contributed by atoms with Crippen LogP contribution in [0.5, 0.6) is 0 Å². The molecular formula is C18H19ClN2O. The summed E-state index contributed by atoms with van der Waals surface area (Å²) >= 11 is 6.31. The first-order chi connectivity index (χ1) is 10.7. The van der Waals surface area contributed by atoms with Crippen molar-refractivity contribution in [1.82, 2.24) is 10.6 Å². The molecule has 1 atom stereocenters. The van der Waals surface area contributed by atoms with Gasteiger partial charge in [0.05, 0.1) is 6.04 Å². The first kappa shape index (κ1) is 15.1. The summed E-state index contributed by atoms with van der Waals surface area (Å²) in [4.78, 5) is 12.2. The number of benzene rings is 2. The number of hydrogen-bond acceptors (Lipinski definition) is 2. The summed E-state index contributed by atoms with van der Waals surface area (Å²) in [5, 5.41) is 7.15. The molecule has 2 aromatic rings. The number of nitrogens with one attached hydrogen (secondary N) is 2. The fraction of sp³-hybridized carbons (Fsp3) is 0.278. The van der Waals surface area contributed by atoms with Crippen molar-refractivity contribution in [2.75, 3.05) is 6.54 Å². The predicted molar refractivity (Wildman–Crippen MR) is 88.8 cm³/mol. The highest BCUT2D eigenvalue weighted by Gasteiger charge is 2.23. The van der Waals surface area contributed by atoms with Crippen LogP contribution in [0.1, 0.15) is 29.2 Å². The predicted octanol–water partition coefficient (Wildman–Crippen LogP) is 3.23. The lowest BCUT2D eigenvalue weighted by molar-refractivity contribution is -0.121. The zero-order valence-corrected chi connectivity index (χ0v) is 13.1. The summed E-state index contributed by atoms with van der Waals surface area (Å²) in [7, 11) is 0. The van der Waals surface area contributed by atoms with Gasteiger partial charge in [0.25, 0.3) is 0 Å². The van der Waals surface area contributed by atoms with Gasteiger partial charge in [-0.25, -0.2) is 0 Å². The average molecular weight is 315 g/mol. The molecule has 4 heteroatoms. The fourth-order valence-corrected chi connectivity index (χ4v) is 3.20. The molecule has 0 spiro atoms. The Bertz CT molecular complexity index is 657. The van der Waals surface area contributed by atoms with Crippen molar-refractivity contribution in [2.45, 2.75) is 25.4 Å². The number of carbonyl (C=O) groups excluding carboxylic acids is 1. The van der Waals surface area contributed by atoms with E-state index in [1.807, 2.05) is 42.5 Å². The van der Waals surface area contributed by atoms with Gasteiger partial charge < -0.3 is 10.6 Å². The van der Waals surface area contributed by atoms with Crippen LogP contribution < -0.4 is 10.6 Å². The van der Waals surface area contributed by atoms with Crippen molar-refractivity contribution in [3.8, 4) is 0 Å². The standard InChI is InChI=1S/C18H19ClN2O/c19-15-8-4-7-14-11-20-12-16(18(14)15)21-17(22)10-9-13-5-2-1-3-6-13/h1-8,16,20H,9-12H2,(H,21,22). The first-order valence-electron chi connectivity index (χ1n) is 7.55. The summed E-state index contributed by atoms with van der Waals surface area (Å²) in [6.07, 6.45) is 1.24. The molecule has 22 heavy (non-hydrogen) atoms. The summed E-state index contributed by atoms with van der Waals surface area (Å²) in [6.45, 7) is 1.51. The largest absolute Gasteiger partial charge is 0.348 e. The van der Waals surface area contributed by atoms with Gasteiger partial charge in [-0.3, -0.25) is 4.79 Å². The van der Waals surface area contributed by atoms with Crippen LogP contribution in [0.2, 0.25) is 5.02 Å². The van der Waals surface area contributed by atoms with Crippen LogP contribution in [0.15, 0.2) is 48.5 Å². The highest BCUT2D eigenvalue weighted by Crippen LogP contribution is 2.29. The number of fused-ring (bicyclic) bond motifs is 1. The van der Waals surface area contributed by atoms with Gasteiger partial charge in [-0.05, 0) is 29.2 Å². The molecular weight excluding hydrogens is 296 g/mol. The van der Waals surface area contributed by atoms with E-state index in [0.29, 0.717) is 13.0 Å². The Morgan fingerprint density at radius 2 is 2.00 bits per heavy atom. The van der Waals surface area contributed by atoms with E-state index in [4.69, 9.17) is 11.6 Å². The second kappa shape index (κ2) is 6.95. The summed E-state index contributed by atoms with van der Waals surface area (Å²) in [6, 6.07) is 15.9. The Morgan fingerprint density at radius 1 is 1.18 bits per heavy atom. The number of hydrogen-bond donors (Lipinski definition) is 2. The summed E-state index contributed by atoms with van der Waals surface area (Å²) in [5.41, 5.74) is 3.39. The lowest BCUT2D eigenvalue weighted by Gasteiger charge is -2.28. The first-order valence-corrected chi connectivity index (χ1v) is 7.93. The third kappa shape index (κ3) is 3.49. The maximum Gasteiger partial charge on any atom is 0.220 e. The van der Waals surface area contributed by atoms with E-state index < -0.39 is 0 Å². The Morgan fingerprint density at radius 3 is 2.82 bits per heavy atom. The van der Waals surface area contributed by atoms with Crippen molar-refractivity contribution in [3.05, 3.63) is 70.2 Å². The molecule has 0 fully saturated rings.